The molecule has 0 aromatic heterocycles. The standard InChI is InChI=1S/C13H25N3/c1-4-15-13(9-14)7-8-16(11(2)3)10-12-5-6-12/h11-13,15H,4-8,10H2,1-3H3. The Balaban J connectivity index is 2.27. The van der Waals surface area contributed by atoms with Crippen LogP contribution >= 0.6 is 0 Å². The molecule has 92 valence electrons. The lowest BCUT2D eigenvalue weighted by Crippen LogP contribution is -2.37. The van der Waals surface area contributed by atoms with Crippen LogP contribution in [0.5, 0.6) is 0 Å². The Labute approximate surface area is 99.8 Å². The van der Waals surface area contributed by atoms with E-state index in [4.69, 9.17) is 5.26 Å². The molecule has 1 aliphatic rings. The summed E-state index contributed by atoms with van der Waals surface area (Å²) in [5.41, 5.74) is 0. The third-order valence-electron chi connectivity index (χ3n) is 3.23. The number of rotatable bonds is 8. The van der Waals surface area contributed by atoms with E-state index in [-0.39, 0.29) is 6.04 Å². The fraction of sp³-hybridized carbons (Fsp3) is 0.923. The zero-order valence-electron chi connectivity index (χ0n) is 10.9. The summed E-state index contributed by atoms with van der Waals surface area (Å²) >= 11 is 0. The molecular formula is C13H25N3. The first-order chi connectivity index (χ1) is 7.67. The number of nitrogens with zero attached hydrogens (tertiary/aromatic N) is 2. The molecular weight excluding hydrogens is 198 g/mol. The Hall–Kier alpha value is -0.590. The maximum Gasteiger partial charge on any atom is 0.0965 e. The largest absolute Gasteiger partial charge is 0.302 e. The summed E-state index contributed by atoms with van der Waals surface area (Å²) in [4.78, 5) is 2.51. The highest BCUT2D eigenvalue weighted by molar-refractivity contribution is 4.90. The van der Waals surface area contributed by atoms with Crippen molar-refractivity contribution in [3.63, 3.8) is 0 Å². The minimum absolute atomic E-state index is 0.0189. The molecule has 1 rings (SSSR count). The molecule has 0 aromatic rings. The molecule has 0 radical (unpaired) electrons. The lowest BCUT2D eigenvalue weighted by Gasteiger charge is -2.27. The summed E-state index contributed by atoms with van der Waals surface area (Å²) in [5, 5.41) is 12.2. The predicted molar refractivity (Wildman–Crippen MR) is 67.1 cm³/mol. The van der Waals surface area contributed by atoms with Crippen LogP contribution in [0.25, 0.3) is 0 Å². The molecule has 1 aliphatic carbocycles. The average Bonchev–Trinajstić information content (AvgIpc) is 3.05. The van der Waals surface area contributed by atoms with Crippen LogP contribution in [0.1, 0.15) is 40.0 Å². The van der Waals surface area contributed by atoms with Crippen molar-refractivity contribution in [2.24, 2.45) is 5.92 Å². The van der Waals surface area contributed by atoms with Crippen LogP contribution in [-0.4, -0.2) is 36.6 Å². The van der Waals surface area contributed by atoms with Crippen molar-refractivity contribution in [2.75, 3.05) is 19.6 Å². The topological polar surface area (TPSA) is 39.1 Å². The van der Waals surface area contributed by atoms with Gasteiger partial charge in [0.15, 0.2) is 0 Å². The third-order valence-corrected chi connectivity index (χ3v) is 3.23. The number of hydrogen-bond acceptors (Lipinski definition) is 3. The summed E-state index contributed by atoms with van der Waals surface area (Å²) in [6.45, 7) is 9.69. The van der Waals surface area contributed by atoms with Crippen LogP contribution in [0.15, 0.2) is 0 Å². The van der Waals surface area contributed by atoms with Crippen LogP contribution in [-0.2, 0) is 0 Å². The Bertz CT molecular complexity index is 228. The molecule has 16 heavy (non-hydrogen) atoms. The second-order valence-corrected chi connectivity index (χ2v) is 5.06. The summed E-state index contributed by atoms with van der Waals surface area (Å²) in [6.07, 6.45) is 3.74. The van der Waals surface area contributed by atoms with Crippen molar-refractivity contribution in [2.45, 2.75) is 52.1 Å². The van der Waals surface area contributed by atoms with Gasteiger partial charge < -0.3 is 10.2 Å². The van der Waals surface area contributed by atoms with Gasteiger partial charge in [-0.1, -0.05) is 6.92 Å². The molecule has 1 atom stereocenters. The van der Waals surface area contributed by atoms with Crippen LogP contribution in [0.3, 0.4) is 0 Å². The van der Waals surface area contributed by atoms with E-state index >= 15 is 0 Å². The van der Waals surface area contributed by atoms with Gasteiger partial charge in [-0.3, -0.25) is 0 Å². The summed E-state index contributed by atoms with van der Waals surface area (Å²) < 4.78 is 0. The highest BCUT2D eigenvalue weighted by Crippen LogP contribution is 2.30. The second-order valence-electron chi connectivity index (χ2n) is 5.06. The Morgan fingerprint density at radius 3 is 2.56 bits per heavy atom. The summed E-state index contributed by atoms with van der Waals surface area (Å²) in [6, 6.07) is 2.95. The van der Waals surface area contributed by atoms with Gasteiger partial charge in [0.2, 0.25) is 0 Å². The van der Waals surface area contributed by atoms with Gasteiger partial charge in [0.05, 0.1) is 12.1 Å². The monoisotopic (exact) mass is 223 g/mol. The molecule has 1 fully saturated rings. The first-order valence-corrected chi connectivity index (χ1v) is 6.54. The molecule has 3 nitrogen and oxygen atoms in total. The first-order valence-electron chi connectivity index (χ1n) is 6.54. The van der Waals surface area contributed by atoms with Gasteiger partial charge in [0.25, 0.3) is 0 Å². The Morgan fingerprint density at radius 1 is 1.44 bits per heavy atom. The summed E-state index contributed by atoms with van der Waals surface area (Å²) in [5.74, 6) is 0.932. The zero-order chi connectivity index (χ0) is 12.0. The van der Waals surface area contributed by atoms with Crippen LogP contribution < -0.4 is 5.32 Å². The molecule has 0 spiro atoms. The van der Waals surface area contributed by atoms with Gasteiger partial charge in [0.1, 0.15) is 0 Å². The predicted octanol–water partition coefficient (Wildman–Crippen LogP) is 2.00. The lowest BCUT2D eigenvalue weighted by molar-refractivity contribution is 0.205. The fourth-order valence-corrected chi connectivity index (χ4v) is 1.95. The number of nitriles is 1. The number of hydrogen-bond donors (Lipinski definition) is 1. The molecule has 1 saturated carbocycles. The molecule has 0 amide bonds. The molecule has 1 N–H and O–H groups in total. The maximum absolute atomic E-state index is 8.97. The van der Waals surface area contributed by atoms with Crippen molar-refractivity contribution in [1.82, 2.24) is 10.2 Å². The highest BCUT2D eigenvalue weighted by Gasteiger charge is 2.25. The van der Waals surface area contributed by atoms with E-state index in [0.29, 0.717) is 6.04 Å². The first kappa shape index (κ1) is 13.5. The van der Waals surface area contributed by atoms with Crippen molar-refractivity contribution >= 4 is 0 Å². The minimum Gasteiger partial charge on any atom is -0.302 e. The molecule has 0 aromatic carbocycles. The lowest BCUT2D eigenvalue weighted by atomic mass is 10.2. The highest BCUT2D eigenvalue weighted by atomic mass is 15.2. The quantitative estimate of drug-likeness (QED) is 0.684. The molecule has 0 aliphatic heterocycles. The van der Waals surface area contributed by atoms with Crippen molar-refractivity contribution < 1.29 is 0 Å². The fourth-order valence-electron chi connectivity index (χ4n) is 1.95. The molecule has 0 bridgehead atoms. The third kappa shape index (κ3) is 4.96. The summed E-state index contributed by atoms with van der Waals surface area (Å²) in [7, 11) is 0. The van der Waals surface area contributed by atoms with E-state index in [1.54, 1.807) is 0 Å². The molecule has 0 heterocycles. The Kier molecular flexibility index (Phi) is 5.79. The zero-order valence-corrected chi connectivity index (χ0v) is 10.9. The van der Waals surface area contributed by atoms with Gasteiger partial charge >= 0.3 is 0 Å². The number of nitrogens with one attached hydrogen (secondary N) is 1. The van der Waals surface area contributed by atoms with E-state index in [1.165, 1.54) is 19.4 Å². The minimum atomic E-state index is 0.0189. The smallest absolute Gasteiger partial charge is 0.0965 e. The average molecular weight is 223 g/mol. The maximum atomic E-state index is 8.97. The van der Waals surface area contributed by atoms with Gasteiger partial charge in [-0.25, -0.2) is 0 Å². The van der Waals surface area contributed by atoms with Crippen molar-refractivity contribution in [1.29, 1.82) is 5.26 Å². The normalized spacial score (nSPS) is 17.8. The van der Waals surface area contributed by atoms with E-state index in [9.17, 15) is 0 Å². The molecule has 3 heteroatoms. The van der Waals surface area contributed by atoms with Crippen LogP contribution in [0.2, 0.25) is 0 Å². The molecule has 1 unspecified atom stereocenters. The van der Waals surface area contributed by atoms with Crippen LogP contribution in [0.4, 0.5) is 0 Å². The van der Waals surface area contributed by atoms with Crippen LogP contribution in [0, 0.1) is 17.2 Å². The van der Waals surface area contributed by atoms with Gasteiger partial charge in [-0.2, -0.15) is 5.26 Å². The SMILES string of the molecule is CCNC(C#N)CCN(CC1CC1)C(C)C. The second kappa shape index (κ2) is 6.88. The van der Waals surface area contributed by atoms with Gasteiger partial charge in [-0.15, -0.1) is 0 Å². The Morgan fingerprint density at radius 2 is 2.12 bits per heavy atom. The van der Waals surface area contributed by atoms with Crippen molar-refractivity contribution in [3.8, 4) is 6.07 Å². The van der Waals surface area contributed by atoms with Crippen molar-refractivity contribution in [3.05, 3.63) is 0 Å². The van der Waals surface area contributed by atoms with E-state index in [2.05, 4.69) is 37.1 Å². The van der Waals surface area contributed by atoms with Gasteiger partial charge in [-0.05, 0) is 45.6 Å². The van der Waals surface area contributed by atoms with E-state index in [0.717, 1.165) is 25.4 Å². The van der Waals surface area contributed by atoms with E-state index in [1.807, 2.05) is 0 Å². The molecule has 0 saturated heterocycles. The van der Waals surface area contributed by atoms with E-state index < -0.39 is 0 Å². The van der Waals surface area contributed by atoms with Gasteiger partial charge in [0, 0.05) is 19.1 Å².